The van der Waals surface area contributed by atoms with E-state index in [2.05, 4.69) is 64.1 Å². The summed E-state index contributed by atoms with van der Waals surface area (Å²) in [5.41, 5.74) is 1.45. The molecular weight excluding hydrogens is 384 g/mol. The molecular formula is C23H36N2OS2. The molecule has 0 aliphatic carbocycles. The Labute approximate surface area is 179 Å². The molecule has 0 aromatic heterocycles. The van der Waals surface area contributed by atoms with E-state index in [1.54, 1.807) is 0 Å². The monoisotopic (exact) mass is 420 g/mol. The van der Waals surface area contributed by atoms with Crippen LogP contribution in [0.5, 0.6) is 0 Å². The summed E-state index contributed by atoms with van der Waals surface area (Å²) in [6.07, 6.45) is 10.6. The first-order valence-corrected chi connectivity index (χ1v) is 13.1. The van der Waals surface area contributed by atoms with Gasteiger partial charge in [-0.25, -0.2) is 0 Å². The summed E-state index contributed by atoms with van der Waals surface area (Å²) in [6.45, 7) is 4.47. The van der Waals surface area contributed by atoms with Crippen LogP contribution >= 0.6 is 23.5 Å². The largest absolute Gasteiger partial charge is 0.356 e. The number of carbonyl (C=O) groups is 1. The smallest absolute Gasteiger partial charge is 0.219 e. The number of amides is 1. The summed E-state index contributed by atoms with van der Waals surface area (Å²) in [5.74, 6) is 1.50. The van der Waals surface area contributed by atoms with Crippen molar-refractivity contribution in [2.45, 2.75) is 67.6 Å². The fraction of sp³-hybridized carbons (Fsp3) is 0.696. The fourth-order valence-corrected chi connectivity index (χ4v) is 7.47. The number of hydrogen-bond acceptors (Lipinski definition) is 4. The number of hydrogen-bond donors (Lipinski definition) is 1. The lowest BCUT2D eigenvalue weighted by atomic mass is 10.1. The summed E-state index contributed by atoms with van der Waals surface area (Å²) in [4.78, 5) is 14.6. The molecule has 3 rings (SSSR count). The molecule has 5 heteroatoms. The lowest BCUT2D eigenvalue weighted by Gasteiger charge is -2.28. The molecule has 1 amide bonds. The number of nitrogens with zero attached hydrogens (tertiary/aromatic N) is 1. The molecule has 2 heterocycles. The second kappa shape index (κ2) is 12.8. The van der Waals surface area contributed by atoms with Crippen molar-refractivity contribution < 1.29 is 4.79 Å². The van der Waals surface area contributed by atoms with Crippen LogP contribution in [0.3, 0.4) is 0 Å². The van der Waals surface area contributed by atoms with E-state index in [0.29, 0.717) is 11.0 Å². The van der Waals surface area contributed by atoms with E-state index in [0.717, 1.165) is 31.2 Å². The number of benzene rings is 1. The van der Waals surface area contributed by atoms with Gasteiger partial charge in [0.1, 0.15) is 0 Å². The first kappa shape index (κ1) is 22.0. The van der Waals surface area contributed by atoms with Crippen LogP contribution in [0.2, 0.25) is 0 Å². The van der Waals surface area contributed by atoms with Crippen molar-refractivity contribution >= 4 is 29.4 Å². The Morgan fingerprint density at radius 1 is 1.07 bits per heavy atom. The normalized spacial score (nSPS) is 23.4. The standard InChI is InChI=1S/C23H36N2OS2/c26-22(24-15-9-18-25-16-7-2-8-17-25)13-6-5-12-21-14-19-27-23(28-21)20-10-3-1-4-11-20/h1,3-4,10-11,21,23H,2,5-9,12-19H2,(H,24,26). The van der Waals surface area contributed by atoms with E-state index < -0.39 is 0 Å². The third-order valence-electron chi connectivity index (χ3n) is 5.70. The van der Waals surface area contributed by atoms with Gasteiger partial charge in [0.25, 0.3) is 0 Å². The summed E-state index contributed by atoms with van der Waals surface area (Å²) in [5, 5.41) is 3.86. The molecule has 2 aliphatic heterocycles. The van der Waals surface area contributed by atoms with Gasteiger partial charge in [-0.3, -0.25) is 4.79 Å². The molecule has 2 fully saturated rings. The predicted octanol–water partition coefficient (Wildman–Crippen LogP) is 5.48. The number of carbonyl (C=O) groups excluding carboxylic acids is 1. The lowest BCUT2D eigenvalue weighted by Crippen LogP contribution is -2.33. The highest BCUT2D eigenvalue weighted by atomic mass is 32.2. The van der Waals surface area contributed by atoms with Crippen molar-refractivity contribution in [3.63, 3.8) is 0 Å². The number of rotatable bonds is 10. The zero-order chi connectivity index (χ0) is 19.4. The van der Waals surface area contributed by atoms with Crippen molar-refractivity contribution in [3.8, 4) is 0 Å². The van der Waals surface area contributed by atoms with Crippen molar-refractivity contribution in [3.05, 3.63) is 35.9 Å². The zero-order valence-corrected chi connectivity index (χ0v) is 18.7. The summed E-state index contributed by atoms with van der Waals surface area (Å²) >= 11 is 4.21. The molecule has 2 aliphatic rings. The maximum Gasteiger partial charge on any atom is 0.219 e. The first-order valence-electron chi connectivity index (χ1n) is 11.1. The number of nitrogens with one attached hydrogen (secondary N) is 1. The van der Waals surface area contributed by atoms with Crippen molar-refractivity contribution in [2.24, 2.45) is 0 Å². The molecule has 0 saturated carbocycles. The SMILES string of the molecule is O=C(CCCCC1CCSC(c2ccccc2)S1)NCCCN1CCCCC1. The van der Waals surface area contributed by atoms with Gasteiger partial charge in [-0.2, -0.15) is 0 Å². The quantitative estimate of drug-likeness (QED) is 0.508. The van der Waals surface area contributed by atoms with Gasteiger partial charge in [-0.1, -0.05) is 43.2 Å². The van der Waals surface area contributed by atoms with Gasteiger partial charge in [-0.15, -0.1) is 23.5 Å². The molecule has 1 aromatic carbocycles. The number of thioether (sulfide) groups is 2. The van der Waals surface area contributed by atoms with Crippen LogP contribution in [0, 0.1) is 0 Å². The van der Waals surface area contributed by atoms with Gasteiger partial charge in [-0.05, 0) is 69.5 Å². The van der Waals surface area contributed by atoms with E-state index >= 15 is 0 Å². The van der Waals surface area contributed by atoms with E-state index in [-0.39, 0.29) is 5.91 Å². The van der Waals surface area contributed by atoms with Crippen molar-refractivity contribution in [2.75, 3.05) is 31.9 Å². The number of piperidine rings is 1. The Hall–Kier alpha value is -0.650. The van der Waals surface area contributed by atoms with Gasteiger partial charge in [0.2, 0.25) is 5.91 Å². The highest BCUT2D eigenvalue weighted by Gasteiger charge is 2.23. The van der Waals surface area contributed by atoms with Crippen LogP contribution in [0.1, 0.15) is 67.9 Å². The molecule has 3 nitrogen and oxygen atoms in total. The van der Waals surface area contributed by atoms with Gasteiger partial charge in [0.15, 0.2) is 0 Å². The summed E-state index contributed by atoms with van der Waals surface area (Å²) < 4.78 is 0.586. The van der Waals surface area contributed by atoms with Crippen LogP contribution in [0.15, 0.2) is 30.3 Å². The van der Waals surface area contributed by atoms with Crippen LogP contribution in [-0.4, -0.2) is 48.0 Å². The maximum absolute atomic E-state index is 12.0. The van der Waals surface area contributed by atoms with Crippen LogP contribution in [0.4, 0.5) is 0 Å². The third kappa shape index (κ3) is 8.00. The Kier molecular flexibility index (Phi) is 10.1. The first-order chi connectivity index (χ1) is 13.8. The van der Waals surface area contributed by atoms with E-state index in [1.165, 1.54) is 62.9 Å². The van der Waals surface area contributed by atoms with Gasteiger partial charge < -0.3 is 10.2 Å². The van der Waals surface area contributed by atoms with Crippen LogP contribution < -0.4 is 5.32 Å². The average Bonchev–Trinajstić information content (AvgIpc) is 2.76. The second-order valence-corrected chi connectivity index (χ2v) is 10.9. The minimum Gasteiger partial charge on any atom is -0.356 e. The predicted molar refractivity (Wildman–Crippen MR) is 124 cm³/mol. The molecule has 0 radical (unpaired) electrons. The lowest BCUT2D eigenvalue weighted by molar-refractivity contribution is -0.121. The van der Waals surface area contributed by atoms with E-state index in [1.807, 2.05) is 0 Å². The van der Waals surface area contributed by atoms with E-state index in [9.17, 15) is 4.79 Å². The third-order valence-corrected chi connectivity index (χ3v) is 8.86. The molecule has 1 N–H and O–H groups in total. The van der Waals surface area contributed by atoms with Crippen LogP contribution in [0.25, 0.3) is 0 Å². The Morgan fingerprint density at radius 2 is 1.89 bits per heavy atom. The van der Waals surface area contributed by atoms with Crippen LogP contribution in [-0.2, 0) is 4.79 Å². The topological polar surface area (TPSA) is 32.3 Å². The molecule has 0 spiro atoms. The molecule has 0 bridgehead atoms. The minimum atomic E-state index is 0.243. The Morgan fingerprint density at radius 3 is 2.71 bits per heavy atom. The summed E-state index contributed by atoms with van der Waals surface area (Å²) in [6, 6.07) is 10.9. The molecule has 1 aromatic rings. The Balaban J connectivity index is 1.21. The summed E-state index contributed by atoms with van der Waals surface area (Å²) in [7, 11) is 0. The molecule has 2 saturated heterocycles. The molecule has 2 atom stereocenters. The molecule has 156 valence electrons. The van der Waals surface area contributed by atoms with Gasteiger partial charge >= 0.3 is 0 Å². The van der Waals surface area contributed by atoms with Gasteiger partial charge in [0.05, 0.1) is 4.58 Å². The van der Waals surface area contributed by atoms with Crippen molar-refractivity contribution in [1.29, 1.82) is 0 Å². The minimum absolute atomic E-state index is 0.243. The molecule has 2 unspecified atom stereocenters. The molecule has 28 heavy (non-hydrogen) atoms. The Bertz CT molecular complexity index is 563. The fourth-order valence-electron chi connectivity index (χ4n) is 4.05. The number of likely N-dealkylation sites (tertiary alicyclic amines) is 1. The highest BCUT2D eigenvalue weighted by molar-refractivity contribution is 8.17. The van der Waals surface area contributed by atoms with Gasteiger partial charge in [0, 0.05) is 18.2 Å². The second-order valence-electron chi connectivity index (χ2n) is 8.01. The van der Waals surface area contributed by atoms with E-state index in [4.69, 9.17) is 0 Å². The number of unbranched alkanes of at least 4 members (excludes halogenated alkanes) is 1. The zero-order valence-electron chi connectivity index (χ0n) is 17.1. The highest BCUT2D eigenvalue weighted by Crippen LogP contribution is 2.48. The van der Waals surface area contributed by atoms with Crippen molar-refractivity contribution in [1.82, 2.24) is 10.2 Å². The average molecular weight is 421 g/mol. The maximum atomic E-state index is 12.0.